The number of aryl methyl sites for hydroxylation is 1. The number of amides is 2. The van der Waals surface area contributed by atoms with Crippen LogP contribution < -0.4 is 10.6 Å². The second-order valence-corrected chi connectivity index (χ2v) is 8.98. The highest BCUT2D eigenvalue weighted by Gasteiger charge is 2.25. The summed E-state index contributed by atoms with van der Waals surface area (Å²) in [5.41, 5.74) is 0.116. The highest BCUT2D eigenvalue weighted by atomic mass is 35.5. The van der Waals surface area contributed by atoms with Crippen LogP contribution in [0.2, 0.25) is 15.1 Å². The number of non-ortho nitro benzene ring substituents is 1. The summed E-state index contributed by atoms with van der Waals surface area (Å²) in [7, 11) is 0. The van der Waals surface area contributed by atoms with Crippen LogP contribution in [0.1, 0.15) is 22.5 Å². The number of anilines is 1. The minimum atomic E-state index is -1.08. The van der Waals surface area contributed by atoms with Gasteiger partial charge in [0, 0.05) is 12.1 Å². The molecule has 2 N–H and O–H groups in total. The molecule has 1 heterocycles. The second-order valence-electron chi connectivity index (χ2n) is 6.77. The first-order valence-corrected chi connectivity index (χ1v) is 12.1. The highest BCUT2D eigenvalue weighted by Crippen LogP contribution is 2.25. The molecule has 0 saturated heterocycles. The van der Waals surface area contributed by atoms with E-state index in [9.17, 15) is 24.5 Å². The van der Waals surface area contributed by atoms with Crippen LogP contribution in [0, 0.1) is 17.0 Å². The molecule has 2 amide bonds. The summed E-state index contributed by atoms with van der Waals surface area (Å²) in [6.07, 6.45) is 2.03. The largest absolute Gasteiger partial charge is 0.454 e. The molecule has 0 spiro atoms. The fourth-order valence-corrected chi connectivity index (χ4v) is 3.71. The number of nitro benzene ring substituents is 1. The van der Waals surface area contributed by atoms with Crippen molar-refractivity contribution in [3.63, 3.8) is 0 Å². The van der Waals surface area contributed by atoms with Crippen LogP contribution in [0.5, 0.6) is 0 Å². The van der Waals surface area contributed by atoms with Gasteiger partial charge in [-0.05, 0) is 37.5 Å². The number of nitro groups is 1. The van der Waals surface area contributed by atoms with E-state index in [1.54, 1.807) is 6.92 Å². The summed E-state index contributed by atoms with van der Waals surface area (Å²) in [4.78, 5) is 51.6. The normalized spacial score (nSPS) is 11.4. The summed E-state index contributed by atoms with van der Waals surface area (Å²) >= 11 is 19.3. The Morgan fingerprint density at radius 2 is 1.88 bits per heavy atom. The zero-order chi connectivity index (χ0) is 25.4. The van der Waals surface area contributed by atoms with E-state index >= 15 is 0 Å². The van der Waals surface area contributed by atoms with Crippen LogP contribution in [0.4, 0.5) is 11.5 Å². The molecule has 34 heavy (non-hydrogen) atoms. The van der Waals surface area contributed by atoms with Crippen LogP contribution in [0.3, 0.4) is 0 Å². The average molecular weight is 550 g/mol. The molecule has 0 unspecified atom stereocenters. The number of ether oxygens (including phenoxy) is 1. The summed E-state index contributed by atoms with van der Waals surface area (Å²) in [6.45, 7) is 0.979. The zero-order valence-corrected chi connectivity index (χ0v) is 21.0. The quantitative estimate of drug-likeness (QED) is 0.254. The first-order valence-electron chi connectivity index (χ1n) is 9.56. The Hall–Kier alpha value is -2.60. The van der Waals surface area contributed by atoms with Gasteiger partial charge < -0.3 is 15.4 Å². The van der Waals surface area contributed by atoms with Gasteiger partial charge in [-0.1, -0.05) is 34.8 Å². The van der Waals surface area contributed by atoms with Crippen molar-refractivity contribution in [2.75, 3.05) is 23.9 Å². The first kappa shape index (κ1) is 27.6. The maximum absolute atomic E-state index is 12.6. The Bertz CT molecular complexity index is 1120. The second kappa shape index (κ2) is 12.7. The van der Waals surface area contributed by atoms with Gasteiger partial charge in [-0.25, -0.2) is 9.78 Å². The number of hydrogen-bond donors (Lipinski definition) is 2. The monoisotopic (exact) mass is 548 g/mol. The van der Waals surface area contributed by atoms with E-state index in [1.807, 2.05) is 6.26 Å². The molecule has 0 fully saturated rings. The number of esters is 1. The van der Waals surface area contributed by atoms with Gasteiger partial charge in [-0.3, -0.25) is 19.7 Å². The van der Waals surface area contributed by atoms with Gasteiger partial charge in [0.15, 0.2) is 12.4 Å². The lowest BCUT2D eigenvalue weighted by molar-refractivity contribution is -0.384. The van der Waals surface area contributed by atoms with Gasteiger partial charge >= 0.3 is 5.97 Å². The molecule has 10 nitrogen and oxygen atoms in total. The van der Waals surface area contributed by atoms with E-state index in [4.69, 9.17) is 39.5 Å². The molecular formula is C20H19Cl3N4O6S. The number of pyridine rings is 1. The lowest BCUT2D eigenvalue weighted by atomic mass is 10.1. The van der Waals surface area contributed by atoms with Crippen molar-refractivity contribution in [1.82, 2.24) is 10.3 Å². The van der Waals surface area contributed by atoms with Gasteiger partial charge in [-0.15, -0.1) is 0 Å². The van der Waals surface area contributed by atoms with Crippen LogP contribution in [-0.4, -0.2) is 52.3 Å². The molecule has 0 saturated carbocycles. The van der Waals surface area contributed by atoms with E-state index in [0.717, 1.165) is 12.1 Å². The van der Waals surface area contributed by atoms with Gasteiger partial charge in [0.05, 0.1) is 31.2 Å². The summed E-state index contributed by atoms with van der Waals surface area (Å²) < 4.78 is 5.05. The van der Waals surface area contributed by atoms with Crippen LogP contribution in [-0.2, 0) is 14.3 Å². The molecule has 0 bridgehead atoms. The van der Waals surface area contributed by atoms with Crippen molar-refractivity contribution in [1.29, 1.82) is 0 Å². The van der Waals surface area contributed by atoms with E-state index in [0.29, 0.717) is 16.5 Å². The number of nitrogens with zero attached hydrogens (tertiary/aromatic N) is 2. The summed E-state index contributed by atoms with van der Waals surface area (Å²) in [6, 6.07) is 3.68. The SMILES string of the molecule is CSCC[C@@H](NC(=O)c1ccc([N+](=O)[O-])cc1Cl)C(=O)OCC(=O)Nc1nc(C)c(Cl)cc1Cl. The van der Waals surface area contributed by atoms with Gasteiger partial charge in [0.2, 0.25) is 0 Å². The Kier molecular flexibility index (Phi) is 10.4. The smallest absolute Gasteiger partial charge is 0.329 e. The predicted molar refractivity (Wildman–Crippen MR) is 131 cm³/mol. The highest BCUT2D eigenvalue weighted by molar-refractivity contribution is 7.98. The number of rotatable bonds is 10. The molecular weight excluding hydrogens is 531 g/mol. The number of hydrogen-bond acceptors (Lipinski definition) is 8. The molecule has 2 rings (SSSR count). The van der Waals surface area contributed by atoms with Gasteiger partial charge in [-0.2, -0.15) is 11.8 Å². The van der Waals surface area contributed by atoms with Gasteiger partial charge in [0.1, 0.15) is 6.04 Å². The number of nitrogens with one attached hydrogen (secondary N) is 2. The molecule has 0 aliphatic carbocycles. The lowest BCUT2D eigenvalue weighted by Gasteiger charge is -2.18. The Balaban J connectivity index is 2.03. The van der Waals surface area contributed by atoms with E-state index in [2.05, 4.69) is 15.6 Å². The van der Waals surface area contributed by atoms with Crippen molar-refractivity contribution in [3.05, 3.63) is 60.7 Å². The fourth-order valence-electron chi connectivity index (χ4n) is 2.57. The van der Waals surface area contributed by atoms with E-state index in [1.165, 1.54) is 23.9 Å². The molecule has 182 valence electrons. The Labute approximate surface area is 213 Å². The molecule has 0 radical (unpaired) electrons. The van der Waals surface area contributed by atoms with E-state index < -0.39 is 35.4 Å². The number of benzene rings is 1. The predicted octanol–water partition coefficient (Wildman–Crippen LogP) is 4.29. The maximum atomic E-state index is 12.6. The molecule has 1 aromatic carbocycles. The topological polar surface area (TPSA) is 141 Å². The fraction of sp³-hybridized carbons (Fsp3) is 0.300. The molecule has 1 atom stereocenters. The van der Waals surface area contributed by atoms with Crippen molar-refractivity contribution in [2.45, 2.75) is 19.4 Å². The van der Waals surface area contributed by atoms with Crippen LogP contribution in [0.25, 0.3) is 0 Å². The third-order valence-electron chi connectivity index (χ3n) is 4.32. The molecule has 2 aromatic rings. The third-order valence-corrected chi connectivity index (χ3v) is 5.94. The van der Waals surface area contributed by atoms with Crippen molar-refractivity contribution < 1.29 is 24.0 Å². The number of aromatic nitrogens is 1. The van der Waals surface area contributed by atoms with Crippen LogP contribution in [0.15, 0.2) is 24.3 Å². The van der Waals surface area contributed by atoms with Gasteiger partial charge in [0.25, 0.3) is 17.5 Å². The first-order chi connectivity index (χ1) is 16.0. The maximum Gasteiger partial charge on any atom is 0.329 e. The van der Waals surface area contributed by atoms with Crippen molar-refractivity contribution >= 4 is 75.9 Å². The molecule has 0 aliphatic rings. The molecule has 14 heteroatoms. The van der Waals surface area contributed by atoms with Crippen LogP contribution >= 0.6 is 46.6 Å². The molecule has 1 aromatic heterocycles. The lowest BCUT2D eigenvalue weighted by Crippen LogP contribution is -2.43. The Morgan fingerprint density at radius 3 is 2.50 bits per heavy atom. The van der Waals surface area contributed by atoms with E-state index in [-0.39, 0.29) is 33.5 Å². The minimum absolute atomic E-state index is 0.0502. The minimum Gasteiger partial charge on any atom is -0.454 e. The number of carbonyl (C=O) groups is 3. The number of halogens is 3. The Morgan fingerprint density at radius 1 is 1.18 bits per heavy atom. The number of thioether (sulfide) groups is 1. The molecule has 0 aliphatic heterocycles. The zero-order valence-electron chi connectivity index (χ0n) is 17.9. The number of carbonyl (C=O) groups excluding carboxylic acids is 3. The third kappa shape index (κ3) is 7.73. The summed E-state index contributed by atoms with van der Waals surface area (Å²) in [5.74, 6) is -1.70. The summed E-state index contributed by atoms with van der Waals surface area (Å²) in [5, 5.41) is 16.1. The van der Waals surface area contributed by atoms with Crippen molar-refractivity contribution in [3.8, 4) is 0 Å². The average Bonchev–Trinajstić information content (AvgIpc) is 2.78. The standard InChI is InChI=1S/C20H19Cl3N4O6S/c1-10-13(21)8-15(23)18(24-10)26-17(28)9-33-20(30)16(5-6-34-2)25-19(29)12-4-3-11(27(31)32)7-14(12)22/h3-4,7-8,16H,5-6,9H2,1-2H3,(H,25,29)(H,24,26,28)/t16-/m1/s1. The van der Waals surface area contributed by atoms with Crippen molar-refractivity contribution in [2.24, 2.45) is 0 Å².